The van der Waals surface area contributed by atoms with E-state index < -0.39 is 0 Å². The van der Waals surface area contributed by atoms with Gasteiger partial charge < -0.3 is 5.32 Å². The third kappa shape index (κ3) is 3.23. The van der Waals surface area contributed by atoms with Crippen molar-refractivity contribution < 1.29 is 4.79 Å². The number of nitrogens with zero attached hydrogens (tertiary/aromatic N) is 6. The van der Waals surface area contributed by atoms with Crippen molar-refractivity contribution in [2.45, 2.75) is 6.92 Å². The maximum atomic E-state index is 12.5. The number of thiophene rings is 1. The fourth-order valence-electron chi connectivity index (χ4n) is 3.13. The predicted octanol–water partition coefficient (Wildman–Crippen LogP) is 4.28. The molecule has 0 saturated heterocycles. The number of hydrogen-bond donors (Lipinski definition) is 1. The lowest BCUT2D eigenvalue weighted by molar-refractivity contribution is 0.103. The molecule has 5 rings (SSSR count). The number of aromatic nitrogens is 6. The van der Waals surface area contributed by atoms with E-state index in [1.165, 1.54) is 17.7 Å². The Bertz CT molecular complexity index is 1370. The number of carbonyl (C=O) groups is 1. The molecule has 1 N–H and O–H groups in total. The van der Waals surface area contributed by atoms with Crippen LogP contribution in [0.15, 0.2) is 60.4 Å². The van der Waals surface area contributed by atoms with Gasteiger partial charge >= 0.3 is 0 Å². The second-order valence-electron chi connectivity index (χ2n) is 6.48. The molecule has 0 bridgehead atoms. The monoisotopic (exact) mass is 435 g/mol. The van der Waals surface area contributed by atoms with Gasteiger partial charge in [-0.25, -0.2) is 14.6 Å². The molecule has 0 aliphatic rings. The minimum Gasteiger partial charge on any atom is -0.306 e. The highest BCUT2D eigenvalue weighted by Crippen LogP contribution is 2.25. The molecule has 5 aromatic rings. The van der Waals surface area contributed by atoms with E-state index in [9.17, 15) is 4.79 Å². The largest absolute Gasteiger partial charge is 0.306 e. The molecule has 1 amide bonds. The summed E-state index contributed by atoms with van der Waals surface area (Å²) in [7, 11) is 0. The second-order valence-corrected chi connectivity index (χ2v) is 7.87. The quantitative estimate of drug-likeness (QED) is 0.455. The number of hydrogen-bond acceptors (Lipinski definition) is 6. The van der Waals surface area contributed by atoms with Crippen molar-refractivity contribution in [2.24, 2.45) is 0 Å². The first kappa shape index (κ1) is 18.5. The first-order chi connectivity index (χ1) is 14.6. The van der Waals surface area contributed by atoms with Crippen LogP contribution in [0.1, 0.15) is 15.4 Å². The van der Waals surface area contributed by atoms with Crippen molar-refractivity contribution in [2.75, 3.05) is 5.32 Å². The summed E-state index contributed by atoms with van der Waals surface area (Å²) >= 11 is 7.50. The van der Waals surface area contributed by atoms with Gasteiger partial charge in [-0.15, -0.1) is 11.3 Å². The lowest BCUT2D eigenvalue weighted by Crippen LogP contribution is -2.14. The van der Waals surface area contributed by atoms with Gasteiger partial charge in [0.1, 0.15) is 12.1 Å². The predicted molar refractivity (Wildman–Crippen MR) is 116 cm³/mol. The highest BCUT2D eigenvalue weighted by Gasteiger charge is 2.18. The zero-order chi connectivity index (χ0) is 20.7. The molecule has 8 nitrogen and oxygen atoms in total. The first-order valence-corrected chi connectivity index (χ1v) is 10.2. The van der Waals surface area contributed by atoms with Gasteiger partial charge in [0.2, 0.25) is 0 Å². The Balaban J connectivity index is 1.60. The number of aryl methyl sites for hydroxylation is 1. The zero-order valence-corrected chi connectivity index (χ0v) is 17.2. The minimum atomic E-state index is -0.203. The number of nitrogens with one attached hydrogen (secondary N) is 1. The number of carbonyl (C=O) groups excluding carboxylic acids is 1. The molecule has 0 saturated carbocycles. The molecule has 0 aliphatic carbocycles. The average molecular weight is 436 g/mol. The van der Waals surface area contributed by atoms with Gasteiger partial charge in [-0.05, 0) is 36.6 Å². The van der Waals surface area contributed by atoms with E-state index >= 15 is 0 Å². The number of amides is 1. The summed E-state index contributed by atoms with van der Waals surface area (Å²) < 4.78 is 3.28. The number of anilines is 1. The molecule has 1 aromatic carbocycles. The van der Waals surface area contributed by atoms with Crippen molar-refractivity contribution in [1.82, 2.24) is 29.5 Å². The molecular weight excluding hydrogens is 422 g/mol. The molecule has 10 heteroatoms. The Labute approximate surface area is 179 Å². The van der Waals surface area contributed by atoms with Crippen LogP contribution in [0.25, 0.3) is 22.5 Å². The van der Waals surface area contributed by atoms with Gasteiger partial charge in [0.15, 0.2) is 11.5 Å². The van der Waals surface area contributed by atoms with Gasteiger partial charge in [-0.3, -0.25) is 4.79 Å². The van der Waals surface area contributed by atoms with Crippen LogP contribution in [-0.4, -0.2) is 35.4 Å². The molecule has 0 spiro atoms. The minimum absolute atomic E-state index is 0.203. The molecule has 0 unspecified atom stereocenters. The third-order valence-electron chi connectivity index (χ3n) is 4.42. The summed E-state index contributed by atoms with van der Waals surface area (Å²) in [5.41, 5.74) is 2.13. The van der Waals surface area contributed by atoms with E-state index in [2.05, 4.69) is 25.5 Å². The molecule has 0 radical (unpaired) electrons. The van der Waals surface area contributed by atoms with Gasteiger partial charge in [0.25, 0.3) is 5.91 Å². The van der Waals surface area contributed by atoms with E-state index in [4.69, 9.17) is 11.6 Å². The number of halogens is 1. The Morgan fingerprint density at radius 3 is 2.83 bits per heavy atom. The maximum Gasteiger partial charge on any atom is 0.266 e. The summed E-state index contributed by atoms with van der Waals surface area (Å²) in [5.74, 6) is 0.829. The molecule has 4 heterocycles. The fraction of sp³-hybridized carbons (Fsp3) is 0.0500. The highest BCUT2D eigenvalue weighted by atomic mass is 35.5. The number of rotatable bonds is 4. The second kappa shape index (κ2) is 7.36. The molecule has 4 aromatic heterocycles. The molecular formula is C20H14ClN7OS. The van der Waals surface area contributed by atoms with Gasteiger partial charge in [0, 0.05) is 11.1 Å². The van der Waals surface area contributed by atoms with E-state index in [1.54, 1.807) is 39.8 Å². The van der Waals surface area contributed by atoms with Crippen molar-refractivity contribution in [1.29, 1.82) is 0 Å². The van der Waals surface area contributed by atoms with Crippen LogP contribution in [0.5, 0.6) is 0 Å². The summed E-state index contributed by atoms with van der Waals surface area (Å²) in [6.07, 6.45) is 3.12. The summed E-state index contributed by atoms with van der Waals surface area (Å²) in [6, 6.07) is 12.7. The molecule has 148 valence electrons. The lowest BCUT2D eigenvalue weighted by atomic mass is 10.3. The Morgan fingerprint density at radius 1 is 1.13 bits per heavy atom. The lowest BCUT2D eigenvalue weighted by Gasteiger charge is -2.08. The van der Waals surface area contributed by atoms with Crippen LogP contribution in [0.4, 0.5) is 5.82 Å². The van der Waals surface area contributed by atoms with Gasteiger partial charge in [-0.1, -0.05) is 23.7 Å². The third-order valence-corrected chi connectivity index (χ3v) is 5.52. The highest BCUT2D eigenvalue weighted by molar-refractivity contribution is 7.12. The van der Waals surface area contributed by atoms with Crippen LogP contribution in [-0.2, 0) is 0 Å². The van der Waals surface area contributed by atoms with Crippen molar-refractivity contribution >= 4 is 45.7 Å². The van der Waals surface area contributed by atoms with Crippen LogP contribution in [0.3, 0.4) is 0 Å². The van der Waals surface area contributed by atoms with Crippen molar-refractivity contribution in [3.63, 3.8) is 0 Å². The molecule has 0 aliphatic heterocycles. The summed E-state index contributed by atoms with van der Waals surface area (Å²) in [5, 5.41) is 15.0. The Hall–Kier alpha value is -3.56. The Morgan fingerprint density at radius 2 is 2.03 bits per heavy atom. The van der Waals surface area contributed by atoms with Crippen molar-refractivity contribution in [3.05, 3.63) is 76.0 Å². The van der Waals surface area contributed by atoms with Crippen LogP contribution in [0, 0.1) is 6.92 Å². The normalized spacial score (nSPS) is 11.1. The first-order valence-electron chi connectivity index (χ1n) is 8.97. The van der Waals surface area contributed by atoms with E-state index in [0.29, 0.717) is 32.6 Å². The maximum absolute atomic E-state index is 12.5. The number of fused-ring (bicyclic) bond motifs is 1. The molecule has 0 atom stereocenters. The van der Waals surface area contributed by atoms with Crippen LogP contribution < -0.4 is 5.32 Å². The van der Waals surface area contributed by atoms with Crippen LogP contribution in [0.2, 0.25) is 5.02 Å². The Kier molecular flexibility index (Phi) is 4.53. The average Bonchev–Trinajstić information content (AvgIpc) is 3.47. The zero-order valence-electron chi connectivity index (χ0n) is 15.7. The summed E-state index contributed by atoms with van der Waals surface area (Å²) in [6.45, 7) is 1.85. The molecule has 0 fully saturated rings. The molecule has 30 heavy (non-hydrogen) atoms. The van der Waals surface area contributed by atoms with E-state index in [1.807, 2.05) is 30.5 Å². The SMILES string of the molecule is Cc1cc(NC(=O)c2cccs2)n(-c2ncnc3c2cnn3-c2cccc(Cl)c2)n1. The van der Waals surface area contributed by atoms with Crippen molar-refractivity contribution in [3.8, 4) is 11.5 Å². The smallest absolute Gasteiger partial charge is 0.266 e. The van der Waals surface area contributed by atoms with E-state index in [0.717, 1.165) is 11.4 Å². The van der Waals surface area contributed by atoms with Gasteiger partial charge in [0.05, 0.1) is 27.8 Å². The standard InChI is InChI=1S/C20H14ClN7OS/c1-12-8-17(25-20(29)16-6-3-7-30-16)28(26-12)19-15-10-24-27(18(15)22-11-23-19)14-5-2-4-13(21)9-14/h2-11H,1H3,(H,25,29). The van der Waals surface area contributed by atoms with Gasteiger partial charge in [-0.2, -0.15) is 14.9 Å². The van der Waals surface area contributed by atoms with E-state index in [-0.39, 0.29) is 5.91 Å². The number of benzene rings is 1. The van der Waals surface area contributed by atoms with Crippen LogP contribution >= 0.6 is 22.9 Å². The fourth-order valence-corrected chi connectivity index (χ4v) is 3.94. The summed E-state index contributed by atoms with van der Waals surface area (Å²) in [4.78, 5) is 22.0. The topological polar surface area (TPSA) is 90.5 Å².